The molecule has 1 heterocycles. The molecular formula is C35H33ClN2O5. The highest BCUT2D eigenvalue weighted by molar-refractivity contribution is 6.31. The number of nitrogens with zero attached hydrogens (tertiary/aromatic N) is 1. The zero-order valence-corrected chi connectivity index (χ0v) is 24.6. The standard InChI is InChI=1S/C35H33ClN2O5/c1-43-34(41)31-28(32(39)27-12-11-25(36)16-29(27)38(31)26-5-3-2-4-6-26)15-20-7-9-22(10-8-20)33(40)37-30-23-13-21-14-24(30)19-35(42,17-21)18-23/h2-12,16,21,23-24,30,42H,13-15,17-19H2,1H3,(H,37,40)/t21-,23-,24+,30-,35+. The predicted molar refractivity (Wildman–Crippen MR) is 165 cm³/mol. The van der Waals surface area contributed by atoms with Crippen molar-refractivity contribution < 1.29 is 19.4 Å². The van der Waals surface area contributed by atoms with Crippen molar-refractivity contribution >= 4 is 34.4 Å². The molecule has 220 valence electrons. The Hall–Kier alpha value is -3.94. The third kappa shape index (κ3) is 4.94. The van der Waals surface area contributed by atoms with Crippen LogP contribution in [-0.4, -0.2) is 40.3 Å². The number of aromatic nitrogens is 1. The molecule has 7 nitrogen and oxygen atoms in total. The number of carbonyl (C=O) groups excluding carboxylic acids is 2. The first-order valence-corrected chi connectivity index (χ1v) is 15.2. The van der Waals surface area contributed by atoms with Crippen molar-refractivity contribution in [3.8, 4) is 5.69 Å². The second-order valence-corrected chi connectivity index (χ2v) is 13.0. The molecule has 4 fully saturated rings. The van der Waals surface area contributed by atoms with E-state index in [4.69, 9.17) is 16.3 Å². The van der Waals surface area contributed by atoms with E-state index in [9.17, 15) is 19.5 Å². The van der Waals surface area contributed by atoms with Crippen LogP contribution in [0.1, 0.15) is 64.1 Å². The van der Waals surface area contributed by atoms with Gasteiger partial charge in [-0.3, -0.25) is 9.59 Å². The molecule has 8 heteroatoms. The molecule has 2 N–H and O–H groups in total. The summed E-state index contributed by atoms with van der Waals surface area (Å²) in [7, 11) is 1.30. The maximum absolute atomic E-state index is 13.9. The summed E-state index contributed by atoms with van der Waals surface area (Å²) in [5.41, 5.74) is 2.15. The summed E-state index contributed by atoms with van der Waals surface area (Å²) in [5, 5.41) is 15.1. The number of para-hydroxylation sites is 1. The normalized spacial score (nSPS) is 25.6. The van der Waals surface area contributed by atoms with Gasteiger partial charge in [-0.15, -0.1) is 0 Å². The van der Waals surface area contributed by atoms with E-state index >= 15 is 0 Å². The second-order valence-electron chi connectivity index (χ2n) is 12.5. The maximum atomic E-state index is 13.9. The van der Waals surface area contributed by atoms with Gasteiger partial charge >= 0.3 is 5.97 Å². The van der Waals surface area contributed by atoms with Gasteiger partial charge in [0.1, 0.15) is 5.69 Å². The van der Waals surface area contributed by atoms with Crippen LogP contribution < -0.4 is 10.7 Å². The van der Waals surface area contributed by atoms with Crippen LogP contribution in [0.2, 0.25) is 5.02 Å². The number of carbonyl (C=O) groups is 2. The Kier molecular flexibility index (Phi) is 6.90. The van der Waals surface area contributed by atoms with Crippen molar-refractivity contribution in [3.63, 3.8) is 0 Å². The molecule has 4 aromatic rings. The summed E-state index contributed by atoms with van der Waals surface area (Å²) in [6.45, 7) is 0. The monoisotopic (exact) mass is 596 g/mol. The van der Waals surface area contributed by atoms with Gasteiger partial charge in [-0.05, 0) is 97.9 Å². The van der Waals surface area contributed by atoms with Crippen molar-refractivity contribution in [2.45, 2.75) is 50.2 Å². The third-order valence-corrected chi connectivity index (χ3v) is 9.99. The van der Waals surface area contributed by atoms with Crippen LogP contribution in [0.4, 0.5) is 0 Å². The number of hydrogen-bond acceptors (Lipinski definition) is 5. The van der Waals surface area contributed by atoms with Crippen LogP contribution in [-0.2, 0) is 11.2 Å². The molecule has 4 aliphatic carbocycles. The fourth-order valence-corrected chi connectivity index (χ4v) is 8.32. The first-order chi connectivity index (χ1) is 20.7. The van der Waals surface area contributed by atoms with E-state index in [0.717, 1.165) is 37.7 Å². The summed E-state index contributed by atoms with van der Waals surface area (Å²) in [6.07, 6.45) is 4.76. The molecule has 4 saturated carbocycles. The Morgan fingerprint density at radius 1 is 1.00 bits per heavy atom. The highest BCUT2D eigenvalue weighted by Gasteiger charge is 2.55. The Bertz CT molecular complexity index is 1780. The zero-order valence-electron chi connectivity index (χ0n) is 23.9. The number of fused-ring (bicyclic) bond motifs is 1. The van der Waals surface area contributed by atoms with Crippen LogP contribution in [0.15, 0.2) is 77.6 Å². The molecular weight excluding hydrogens is 564 g/mol. The van der Waals surface area contributed by atoms with Crippen molar-refractivity contribution in [1.29, 1.82) is 0 Å². The lowest BCUT2D eigenvalue weighted by Gasteiger charge is -2.58. The number of halogens is 1. The number of nitrogens with one attached hydrogen (secondary N) is 1. The van der Waals surface area contributed by atoms with Gasteiger partial charge in [0.05, 0.1) is 18.2 Å². The molecule has 8 rings (SSSR count). The van der Waals surface area contributed by atoms with Crippen molar-refractivity contribution in [2.75, 3.05) is 7.11 Å². The number of rotatable bonds is 6. The predicted octanol–water partition coefficient (Wildman–Crippen LogP) is 5.69. The number of pyridine rings is 1. The smallest absolute Gasteiger partial charge is 0.355 e. The Morgan fingerprint density at radius 3 is 2.35 bits per heavy atom. The van der Waals surface area contributed by atoms with Crippen LogP contribution in [0.5, 0.6) is 0 Å². The van der Waals surface area contributed by atoms with E-state index in [2.05, 4.69) is 5.32 Å². The van der Waals surface area contributed by atoms with E-state index in [0.29, 0.717) is 50.5 Å². The van der Waals surface area contributed by atoms with Gasteiger partial charge in [0.2, 0.25) is 0 Å². The van der Waals surface area contributed by atoms with Gasteiger partial charge in [0, 0.05) is 39.7 Å². The average Bonchev–Trinajstić information content (AvgIpc) is 2.99. The molecule has 43 heavy (non-hydrogen) atoms. The van der Waals surface area contributed by atoms with Gasteiger partial charge in [-0.25, -0.2) is 4.79 Å². The second kappa shape index (κ2) is 10.6. The average molecular weight is 597 g/mol. The number of esters is 1. The topological polar surface area (TPSA) is 97.6 Å². The third-order valence-electron chi connectivity index (χ3n) is 9.76. The van der Waals surface area contributed by atoms with E-state index in [1.54, 1.807) is 34.9 Å². The summed E-state index contributed by atoms with van der Waals surface area (Å²) in [6, 6.07) is 21.6. The molecule has 5 atom stereocenters. The lowest BCUT2D eigenvalue weighted by atomic mass is 9.52. The van der Waals surface area contributed by atoms with Gasteiger partial charge in [-0.1, -0.05) is 41.9 Å². The van der Waals surface area contributed by atoms with Crippen LogP contribution in [0.25, 0.3) is 16.6 Å². The SMILES string of the molecule is COC(=O)c1c(Cc2ccc(C(=O)N[C@@H]3[C@@H]4C[C@@H]5C[C@H]3C[C@](O)(C5)C4)cc2)c(=O)c2ccc(Cl)cc2n1-c1ccccc1. The Balaban J connectivity index is 1.21. The molecule has 0 saturated heterocycles. The minimum atomic E-state index is -0.630. The molecule has 1 aromatic heterocycles. The fourth-order valence-electron chi connectivity index (χ4n) is 8.16. The first kappa shape index (κ1) is 27.9. The molecule has 1 amide bonds. The van der Waals surface area contributed by atoms with Gasteiger partial charge in [-0.2, -0.15) is 0 Å². The number of benzene rings is 3. The zero-order chi connectivity index (χ0) is 29.9. The van der Waals surface area contributed by atoms with E-state index in [1.165, 1.54) is 7.11 Å². The molecule has 0 aliphatic heterocycles. The number of aliphatic hydroxyl groups is 1. The van der Waals surface area contributed by atoms with Gasteiger partial charge in [0.25, 0.3) is 5.91 Å². The van der Waals surface area contributed by atoms with Crippen molar-refractivity contribution in [2.24, 2.45) is 17.8 Å². The van der Waals surface area contributed by atoms with Gasteiger partial charge in [0.15, 0.2) is 5.43 Å². The summed E-state index contributed by atoms with van der Waals surface area (Å²) >= 11 is 6.33. The number of amides is 1. The molecule has 0 spiro atoms. The molecule has 0 radical (unpaired) electrons. The summed E-state index contributed by atoms with van der Waals surface area (Å²) < 4.78 is 6.91. The van der Waals surface area contributed by atoms with Crippen molar-refractivity contribution in [1.82, 2.24) is 9.88 Å². The Labute approximate surface area is 254 Å². The number of methoxy groups -OCH3 is 1. The summed E-state index contributed by atoms with van der Waals surface area (Å²) in [5.74, 6) is 0.467. The van der Waals surface area contributed by atoms with Crippen molar-refractivity contribution in [3.05, 3.63) is 110 Å². The molecule has 3 aromatic carbocycles. The number of ether oxygens (including phenoxy) is 1. The van der Waals surface area contributed by atoms with Crippen LogP contribution in [0, 0.1) is 17.8 Å². The number of hydrogen-bond donors (Lipinski definition) is 2. The molecule has 4 bridgehead atoms. The Morgan fingerprint density at radius 2 is 1.70 bits per heavy atom. The fraction of sp³-hybridized carbons (Fsp3) is 0.343. The minimum absolute atomic E-state index is 0.0918. The molecule has 0 unspecified atom stereocenters. The van der Waals surface area contributed by atoms with E-state index in [-0.39, 0.29) is 29.5 Å². The summed E-state index contributed by atoms with van der Waals surface area (Å²) in [4.78, 5) is 40.4. The highest BCUT2D eigenvalue weighted by Crippen LogP contribution is 2.55. The van der Waals surface area contributed by atoms with Crippen LogP contribution in [0.3, 0.4) is 0 Å². The minimum Gasteiger partial charge on any atom is -0.464 e. The highest BCUT2D eigenvalue weighted by atomic mass is 35.5. The first-order valence-electron chi connectivity index (χ1n) is 14.9. The largest absolute Gasteiger partial charge is 0.464 e. The quantitative estimate of drug-likeness (QED) is 0.279. The van der Waals surface area contributed by atoms with E-state index in [1.807, 2.05) is 42.5 Å². The lowest BCUT2D eigenvalue weighted by Crippen LogP contribution is -2.61. The molecule has 4 aliphatic rings. The van der Waals surface area contributed by atoms with Crippen LogP contribution >= 0.6 is 11.6 Å². The maximum Gasteiger partial charge on any atom is 0.355 e. The van der Waals surface area contributed by atoms with E-state index < -0.39 is 11.6 Å². The lowest BCUT2D eigenvalue weighted by molar-refractivity contribution is -0.136. The van der Waals surface area contributed by atoms with Gasteiger partial charge < -0.3 is 19.7 Å².